The van der Waals surface area contributed by atoms with Crippen LogP contribution < -0.4 is 10.2 Å². The Kier molecular flexibility index (Phi) is 6.73. The fourth-order valence-corrected chi connectivity index (χ4v) is 3.66. The highest BCUT2D eigenvalue weighted by Gasteiger charge is 2.15. The van der Waals surface area contributed by atoms with Crippen LogP contribution in [-0.4, -0.2) is 33.4 Å². The number of amides is 1. The molecule has 0 radical (unpaired) electrons. The number of benzene rings is 3. The van der Waals surface area contributed by atoms with Gasteiger partial charge in [-0.1, -0.05) is 25.1 Å². The van der Waals surface area contributed by atoms with Gasteiger partial charge in [0.25, 0.3) is 5.91 Å². The van der Waals surface area contributed by atoms with Crippen LogP contribution in [0.25, 0.3) is 22.2 Å². The summed E-state index contributed by atoms with van der Waals surface area (Å²) in [7, 11) is 0. The van der Waals surface area contributed by atoms with Crippen molar-refractivity contribution in [2.75, 3.05) is 6.61 Å². The third-order valence-electron chi connectivity index (χ3n) is 5.34. The number of hydrogen-bond acceptors (Lipinski definition) is 6. The van der Waals surface area contributed by atoms with Crippen LogP contribution in [0, 0.1) is 0 Å². The summed E-state index contributed by atoms with van der Waals surface area (Å²) in [5.74, 6) is 0.332. The molecule has 0 aliphatic carbocycles. The lowest BCUT2D eigenvalue weighted by atomic mass is 10.0. The van der Waals surface area contributed by atoms with E-state index in [1.807, 2.05) is 62.4 Å². The first-order valence-corrected chi connectivity index (χ1v) is 11.0. The maximum Gasteiger partial charge on any atom is 0.272 e. The highest BCUT2D eigenvalue weighted by molar-refractivity contribution is 6.08. The van der Waals surface area contributed by atoms with E-state index in [2.05, 4.69) is 10.5 Å². The third kappa shape index (κ3) is 4.83. The van der Waals surface area contributed by atoms with E-state index in [0.717, 1.165) is 11.3 Å². The quantitative estimate of drug-likeness (QED) is 0.200. The summed E-state index contributed by atoms with van der Waals surface area (Å²) in [5, 5.41) is 24.9. The normalized spacial score (nSPS) is 11.4. The van der Waals surface area contributed by atoms with Crippen LogP contribution in [0.1, 0.15) is 36.2 Å². The van der Waals surface area contributed by atoms with E-state index in [4.69, 9.17) is 9.72 Å². The first-order chi connectivity index (χ1) is 16.5. The molecule has 0 unspecified atom stereocenters. The molecule has 34 heavy (non-hydrogen) atoms. The van der Waals surface area contributed by atoms with Gasteiger partial charge in [0.2, 0.25) is 0 Å². The van der Waals surface area contributed by atoms with E-state index in [-0.39, 0.29) is 11.5 Å². The van der Waals surface area contributed by atoms with Crippen LogP contribution >= 0.6 is 0 Å². The van der Waals surface area contributed by atoms with Crippen LogP contribution in [-0.2, 0) is 0 Å². The number of ether oxygens (including phenoxy) is 1. The molecule has 0 saturated heterocycles. The number of rotatable bonds is 7. The van der Waals surface area contributed by atoms with Crippen LogP contribution in [0.3, 0.4) is 0 Å². The number of phenols is 2. The fraction of sp³-hybridized carbons (Fsp3) is 0.148. The molecule has 0 fully saturated rings. The van der Waals surface area contributed by atoms with Crippen molar-refractivity contribution in [2.24, 2.45) is 5.10 Å². The number of hydrazone groups is 1. The predicted molar refractivity (Wildman–Crippen MR) is 132 cm³/mol. The highest BCUT2D eigenvalue weighted by Crippen LogP contribution is 2.27. The molecule has 4 aromatic rings. The number of phenolic OH excluding ortho intramolecular Hbond substituents is 2. The van der Waals surface area contributed by atoms with Gasteiger partial charge < -0.3 is 14.9 Å². The van der Waals surface area contributed by atoms with Crippen molar-refractivity contribution in [1.29, 1.82) is 0 Å². The molecular formula is C27H25N3O4. The molecule has 0 atom stereocenters. The number of nitrogens with zero attached hydrogens (tertiary/aromatic N) is 2. The Bertz CT molecular complexity index is 1360. The molecule has 1 heterocycles. The van der Waals surface area contributed by atoms with Gasteiger partial charge in [-0.15, -0.1) is 0 Å². The molecule has 7 heteroatoms. The summed E-state index contributed by atoms with van der Waals surface area (Å²) in [5.41, 5.74) is 6.01. The molecular weight excluding hydrogens is 430 g/mol. The van der Waals surface area contributed by atoms with Crippen molar-refractivity contribution in [1.82, 2.24) is 10.4 Å². The molecule has 0 saturated carbocycles. The van der Waals surface area contributed by atoms with E-state index in [0.29, 0.717) is 46.5 Å². The fourth-order valence-electron chi connectivity index (χ4n) is 3.66. The first-order valence-electron chi connectivity index (χ1n) is 11.0. The summed E-state index contributed by atoms with van der Waals surface area (Å²) in [6, 6.07) is 20.9. The summed E-state index contributed by atoms with van der Waals surface area (Å²) < 4.78 is 5.51. The van der Waals surface area contributed by atoms with Gasteiger partial charge >= 0.3 is 0 Å². The zero-order valence-corrected chi connectivity index (χ0v) is 18.9. The number of para-hydroxylation sites is 1. The van der Waals surface area contributed by atoms with Crippen molar-refractivity contribution in [3.05, 3.63) is 83.9 Å². The van der Waals surface area contributed by atoms with Gasteiger partial charge in [-0.3, -0.25) is 4.79 Å². The zero-order valence-electron chi connectivity index (χ0n) is 18.9. The minimum atomic E-state index is -0.406. The molecule has 3 aromatic carbocycles. The Balaban J connectivity index is 1.70. The monoisotopic (exact) mass is 455 g/mol. The van der Waals surface area contributed by atoms with Gasteiger partial charge in [0.1, 0.15) is 17.2 Å². The number of pyridine rings is 1. The molecule has 0 aliphatic heterocycles. The average Bonchev–Trinajstić information content (AvgIpc) is 2.86. The second-order valence-electron chi connectivity index (χ2n) is 7.58. The maximum atomic E-state index is 13.2. The number of fused-ring (bicyclic) bond motifs is 1. The second kappa shape index (κ2) is 10.0. The minimum absolute atomic E-state index is 0.000372. The van der Waals surface area contributed by atoms with Crippen LogP contribution in [0.2, 0.25) is 0 Å². The highest BCUT2D eigenvalue weighted by atomic mass is 16.5. The number of aromatic hydroxyl groups is 2. The molecule has 172 valence electrons. The van der Waals surface area contributed by atoms with Gasteiger partial charge in [-0.05, 0) is 67.9 Å². The standard InChI is InChI=1S/C27H25N3O4/c1-3-23(22-15-18(31)11-14-26(22)32)29-30-27(33)21-16-25(28-24-8-6-5-7-20(21)24)17-9-12-19(13-10-17)34-4-2/h5-16,31-32H,3-4H2,1-2H3,(H,30,33)/b29-23-. The smallest absolute Gasteiger partial charge is 0.272 e. The van der Waals surface area contributed by atoms with Crippen LogP contribution in [0.15, 0.2) is 77.9 Å². The van der Waals surface area contributed by atoms with Gasteiger partial charge in [0.05, 0.1) is 29.1 Å². The van der Waals surface area contributed by atoms with Crippen molar-refractivity contribution in [2.45, 2.75) is 20.3 Å². The average molecular weight is 456 g/mol. The molecule has 4 rings (SSSR count). The van der Waals surface area contributed by atoms with Crippen LogP contribution in [0.5, 0.6) is 17.2 Å². The summed E-state index contributed by atoms with van der Waals surface area (Å²) >= 11 is 0. The lowest BCUT2D eigenvalue weighted by Crippen LogP contribution is -2.20. The molecule has 1 aromatic heterocycles. The van der Waals surface area contributed by atoms with E-state index < -0.39 is 5.91 Å². The third-order valence-corrected chi connectivity index (χ3v) is 5.34. The Hall–Kier alpha value is -4.39. The first kappa shape index (κ1) is 22.8. The van der Waals surface area contributed by atoms with Crippen molar-refractivity contribution in [3.63, 3.8) is 0 Å². The topological polar surface area (TPSA) is 104 Å². The Morgan fingerprint density at radius 3 is 2.47 bits per heavy atom. The summed E-state index contributed by atoms with van der Waals surface area (Å²) in [6.07, 6.45) is 0.436. The van der Waals surface area contributed by atoms with E-state index in [1.165, 1.54) is 18.2 Å². The van der Waals surface area contributed by atoms with Gasteiger partial charge in [0, 0.05) is 16.5 Å². The number of aromatic nitrogens is 1. The lowest BCUT2D eigenvalue weighted by molar-refractivity contribution is 0.0956. The number of nitrogens with one attached hydrogen (secondary N) is 1. The maximum absolute atomic E-state index is 13.2. The number of carbonyl (C=O) groups is 1. The van der Waals surface area contributed by atoms with E-state index in [1.54, 1.807) is 6.07 Å². The van der Waals surface area contributed by atoms with Gasteiger partial charge in [-0.25, -0.2) is 10.4 Å². The van der Waals surface area contributed by atoms with Crippen LogP contribution in [0.4, 0.5) is 0 Å². The van der Waals surface area contributed by atoms with Gasteiger partial charge in [0.15, 0.2) is 0 Å². The van der Waals surface area contributed by atoms with Crippen molar-refractivity contribution >= 4 is 22.5 Å². The zero-order chi connectivity index (χ0) is 24.1. The molecule has 0 bridgehead atoms. The molecule has 0 spiro atoms. The Morgan fingerprint density at radius 2 is 1.74 bits per heavy atom. The SMILES string of the molecule is CCOc1ccc(-c2cc(C(=O)N/N=C(/CC)c3cc(O)ccc3O)c3ccccc3n2)cc1. The molecule has 7 nitrogen and oxygen atoms in total. The Labute approximate surface area is 197 Å². The number of hydrogen-bond donors (Lipinski definition) is 3. The lowest BCUT2D eigenvalue weighted by Gasteiger charge is -2.11. The summed E-state index contributed by atoms with van der Waals surface area (Å²) in [6.45, 7) is 4.36. The van der Waals surface area contributed by atoms with Crippen molar-refractivity contribution < 1.29 is 19.7 Å². The second-order valence-corrected chi connectivity index (χ2v) is 7.58. The Morgan fingerprint density at radius 1 is 0.971 bits per heavy atom. The van der Waals surface area contributed by atoms with Gasteiger partial charge in [-0.2, -0.15) is 5.10 Å². The minimum Gasteiger partial charge on any atom is -0.508 e. The summed E-state index contributed by atoms with van der Waals surface area (Å²) in [4.78, 5) is 17.9. The van der Waals surface area contributed by atoms with E-state index >= 15 is 0 Å². The molecule has 0 aliphatic rings. The largest absolute Gasteiger partial charge is 0.508 e. The number of carbonyl (C=O) groups excluding carboxylic acids is 1. The molecule has 1 amide bonds. The predicted octanol–water partition coefficient (Wildman–Crippen LogP) is 5.26. The van der Waals surface area contributed by atoms with E-state index in [9.17, 15) is 15.0 Å². The van der Waals surface area contributed by atoms with Crippen molar-refractivity contribution in [3.8, 4) is 28.5 Å². The molecule has 3 N–H and O–H groups in total.